The van der Waals surface area contributed by atoms with Crippen molar-refractivity contribution in [1.29, 1.82) is 0 Å². The summed E-state index contributed by atoms with van der Waals surface area (Å²) in [6, 6.07) is 0. The molecule has 1 aliphatic heterocycles. The molecule has 0 radical (unpaired) electrons. The number of fused-ring (bicyclic) bond motifs is 1. The van der Waals surface area contributed by atoms with Crippen molar-refractivity contribution in [3.63, 3.8) is 0 Å². The molecule has 2 aliphatic carbocycles. The zero-order valence-corrected chi connectivity index (χ0v) is 14.6. The molecule has 1 N–H and O–H groups in total. The van der Waals surface area contributed by atoms with Crippen molar-refractivity contribution in [3.8, 4) is 0 Å². The van der Waals surface area contributed by atoms with Crippen LogP contribution in [0, 0.1) is 22.7 Å². The minimum atomic E-state index is -0.197. The predicted molar refractivity (Wildman–Crippen MR) is 90.8 cm³/mol. The highest BCUT2D eigenvalue weighted by atomic mass is 16.5. The zero-order valence-electron chi connectivity index (χ0n) is 14.6. The van der Waals surface area contributed by atoms with E-state index < -0.39 is 0 Å². The second-order valence-electron chi connectivity index (χ2n) is 8.42. The van der Waals surface area contributed by atoms with Gasteiger partial charge >= 0.3 is 5.97 Å². The molecule has 3 nitrogen and oxygen atoms in total. The number of aliphatic hydroxyl groups is 1. The summed E-state index contributed by atoms with van der Waals surface area (Å²) in [6.45, 7) is 9.83. The lowest BCUT2D eigenvalue weighted by Gasteiger charge is -2.58. The molecule has 128 valence electrons. The number of esters is 1. The summed E-state index contributed by atoms with van der Waals surface area (Å²) < 4.78 is 5.03. The zero-order chi connectivity index (χ0) is 16.7. The SMILES string of the molecule is C=C1CC[C@H]2[C@@](C)(CO)CCC[C@@]2(C)[C@H]1CCC1=CC(=O)OC1. The minimum Gasteiger partial charge on any atom is -0.458 e. The van der Waals surface area contributed by atoms with E-state index in [-0.39, 0.29) is 16.8 Å². The summed E-state index contributed by atoms with van der Waals surface area (Å²) in [7, 11) is 0. The fraction of sp³-hybridized carbons (Fsp3) is 0.750. The van der Waals surface area contributed by atoms with Crippen molar-refractivity contribution < 1.29 is 14.6 Å². The number of hydrogen-bond acceptors (Lipinski definition) is 3. The van der Waals surface area contributed by atoms with Crippen LogP contribution in [0.25, 0.3) is 0 Å². The quantitative estimate of drug-likeness (QED) is 0.629. The van der Waals surface area contributed by atoms with Crippen LogP contribution in [0.4, 0.5) is 0 Å². The van der Waals surface area contributed by atoms with Gasteiger partial charge in [0.15, 0.2) is 0 Å². The summed E-state index contributed by atoms with van der Waals surface area (Å²) in [5, 5.41) is 10.0. The maximum atomic E-state index is 11.2. The van der Waals surface area contributed by atoms with Crippen LogP contribution in [0.15, 0.2) is 23.8 Å². The number of allylic oxidation sites excluding steroid dienone is 1. The topological polar surface area (TPSA) is 46.5 Å². The fourth-order valence-electron chi connectivity index (χ4n) is 5.69. The molecule has 0 aromatic rings. The molecule has 0 bridgehead atoms. The van der Waals surface area contributed by atoms with Gasteiger partial charge in [0.25, 0.3) is 0 Å². The fourth-order valence-corrected chi connectivity index (χ4v) is 5.69. The van der Waals surface area contributed by atoms with Crippen molar-refractivity contribution in [3.05, 3.63) is 23.8 Å². The monoisotopic (exact) mass is 318 g/mol. The van der Waals surface area contributed by atoms with E-state index in [2.05, 4.69) is 20.4 Å². The molecular formula is C20H30O3. The van der Waals surface area contributed by atoms with Gasteiger partial charge in [0, 0.05) is 12.7 Å². The maximum absolute atomic E-state index is 11.2. The average Bonchev–Trinajstić information content (AvgIpc) is 2.92. The number of cyclic esters (lactones) is 1. The highest BCUT2D eigenvalue weighted by molar-refractivity contribution is 5.85. The van der Waals surface area contributed by atoms with Crippen LogP contribution in [0.3, 0.4) is 0 Å². The molecule has 0 aromatic carbocycles. The molecule has 0 spiro atoms. The third kappa shape index (κ3) is 2.88. The van der Waals surface area contributed by atoms with Crippen LogP contribution in [0.1, 0.15) is 58.8 Å². The van der Waals surface area contributed by atoms with Gasteiger partial charge in [-0.15, -0.1) is 0 Å². The smallest absolute Gasteiger partial charge is 0.331 e. The Kier molecular flexibility index (Phi) is 4.43. The summed E-state index contributed by atoms with van der Waals surface area (Å²) in [5.74, 6) is 0.862. The van der Waals surface area contributed by atoms with Gasteiger partial charge in [-0.1, -0.05) is 32.4 Å². The van der Waals surface area contributed by atoms with Gasteiger partial charge in [-0.25, -0.2) is 4.79 Å². The summed E-state index contributed by atoms with van der Waals surface area (Å²) in [6.07, 6.45) is 9.43. The Morgan fingerprint density at radius 1 is 1.39 bits per heavy atom. The normalized spacial score (nSPS) is 40.6. The molecule has 3 aliphatic rings. The molecule has 3 heteroatoms. The van der Waals surface area contributed by atoms with E-state index in [1.807, 2.05) is 0 Å². The Hall–Kier alpha value is -1.09. The first-order chi connectivity index (χ1) is 10.9. The van der Waals surface area contributed by atoms with Gasteiger partial charge < -0.3 is 9.84 Å². The number of carbonyl (C=O) groups is 1. The van der Waals surface area contributed by atoms with Crippen LogP contribution in [0.5, 0.6) is 0 Å². The molecule has 3 rings (SSSR count). The van der Waals surface area contributed by atoms with Gasteiger partial charge in [0.2, 0.25) is 0 Å². The lowest BCUT2D eigenvalue weighted by atomic mass is 9.47. The Balaban J connectivity index is 1.78. The van der Waals surface area contributed by atoms with Crippen LogP contribution in [0.2, 0.25) is 0 Å². The lowest BCUT2D eigenvalue weighted by Crippen LogP contribution is -2.51. The number of ether oxygens (including phenoxy) is 1. The van der Waals surface area contributed by atoms with Crippen LogP contribution >= 0.6 is 0 Å². The first-order valence-corrected chi connectivity index (χ1v) is 9.04. The van der Waals surface area contributed by atoms with E-state index in [9.17, 15) is 9.90 Å². The van der Waals surface area contributed by atoms with Gasteiger partial charge in [0.05, 0.1) is 0 Å². The van der Waals surface area contributed by atoms with Gasteiger partial charge in [0.1, 0.15) is 6.61 Å². The number of rotatable bonds is 4. The molecule has 0 unspecified atom stereocenters. The minimum absolute atomic E-state index is 0.0532. The Bertz CT molecular complexity index is 535. The van der Waals surface area contributed by atoms with Crippen molar-refractivity contribution >= 4 is 5.97 Å². The van der Waals surface area contributed by atoms with Gasteiger partial charge in [-0.2, -0.15) is 0 Å². The molecule has 2 saturated carbocycles. The van der Waals surface area contributed by atoms with Crippen molar-refractivity contribution in [2.24, 2.45) is 22.7 Å². The highest BCUT2D eigenvalue weighted by Gasteiger charge is 2.54. The number of aliphatic hydroxyl groups excluding tert-OH is 1. The van der Waals surface area contributed by atoms with Crippen molar-refractivity contribution in [1.82, 2.24) is 0 Å². The first kappa shape index (κ1) is 16.8. The molecule has 2 fully saturated rings. The Morgan fingerprint density at radius 2 is 2.17 bits per heavy atom. The summed E-state index contributed by atoms with van der Waals surface area (Å²) >= 11 is 0. The Morgan fingerprint density at radius 3 is 2.83 bits per heavy atom. The van der Waals surface area contributed by atoms with Gasteiger partial charge in [-0.3, -0.25) is 0 Å². The standard InChI is InChI=1S/C20H30O3/c1-14-5-8-17-19(2,13-21)9-4-10-20(17,3)16(14)7-6-15-11-18(22)23-12-15/h11,16-17,21H,1,4-10,12-13H2,2-3H3/t16-,17-,19+,20-/m0/s1. The van der Waals surface area contributed by atoms with E-state index in [1.165, 1.54) is 18.4 Å². The lowest BCUT2D eigenvalue weighted by molar-refractivity contribution is -0.134. The second-order valence-corrected chi connectivity index (χ2v) is 8.42. The van der Waals surface area contributed by atoms with Crippen LogP contribution in [-0.4, -0.2) is 24.3 Å². The van der Waals surface area contributed by atoms with E-state index in [4.69, 9.17) is 4.74 Å². The Labute approximate surface area is 139 Å². The molecule has 0 amide bonds. The van der Waals surface area contributed by atoms with E-state index in [0.29, 0.717) is 25.0 Å². The van der Waals surface area contributed by atoms with E-state index >= 15 is 0 Å². The molecule has 4 atom stereocenters. The highest BCUT2D eigenvalue weighted by Crippen LogP contribution is 2.61. The summed E-state index contributed by atoms with van der Waals surface area (Å²) in [5.41, 5.74) is 2.78. The van der Waals surface area contributed by atoms with Crippen molar-refractivity contribution in [2.75, 3.05) is 13.2 Å². The number of carbonyl (C=O) groups excluding carboxylic acids is 1. The molecular weight excluding hydrogens is 288 g/mol. The molecule has 0 aromatic heterocycles. The number of hydrogen-bond donors (Lipinski definition) is 1. The predicted octanol–water partition coefficient (Wildman–Crippen LogP) is 4.02. The third-order valence-corrected chi connectivity index (χ3v) is 6.98. The third-order valence-electron chi connectivity index (χ3n) is 6.98. The maximum Gasteiger partial charge on any atom is 0.331 e. The first-order valence-electron chi connectivity index (χ1n) is 9.04. The van der Waals surface area contributed by atoms with Crippen molar-refractivity contribution in [2.45, 2.75) is 58.8 Å². The van der Waals surface area contributed by atoms with E-state index in [0.717, 1.165) is 37.7 Å². The second kappa shape index (κ2) is 6.08. The molecule has 0 saturated heterocycles. The van der Waals surface area contributed by atoms with Crippen LogP contribution < -0.4 is 0 Å². The van der Waals surface area contributed by atoms with Crippen LogP contribution in [-0.2, 0) is 9.53 Å². The average molecular weight is 318 g/mol. The van der Waals surface area contributed by atoms with E-state index in [1.54, 1.807) is 6.08 Å². The molecule has 23 heavy (non-hydrogen) atoms. The summed E-state index contributed by atoms with van der Waals surface area (Å²) in [4.78, 5) is 11.2. The molecule has 1 heterocycles. The van der Waals surface area contributed by atoms with Gasteiger partial charge in [-0.05, 0) is 66.8 Å². The largest absolute Gasteiger partial charge is 0.458 e.